The van der Waals surface area contributed by atoms with Gasteiger partial charge in [0.15, 0.2) is 11.5 Å². The van der Waals surface area contributed by atoms with Gasteiger partial charge in [-0.1, -0.05) is 6.07 Å². The Bertz CT molecular complexity index is 345. The zero-order valence-corrected chi connectivity index (χ0v) is 8.76. The van der Waals surface area contributed by atoms with Crippen LogP contribution in [-0.2, 0) is 5.54 Å². The fourth-order valence-electron chi connectivity index (χ4n) is 1.52. The van der Waals surface area contributed by atoms with Gasteiger partial charge in [-0.25, -0.2) is 0 Å². The molecule has 3 nitrogen and oxygen atoms in total. The van der Waals surface area contributed by atoms with Crippen molar-refractivity contribution in [3.05, 3.63) is 23.8 Å². The van der Waals surface area contributed by atoms with Gasteiger partial charge in [-0.05, 0) is 24.6 Å². The molecule has 0 bridgehead atoms. The van der Waals surface area contributed by atoms with Crippen molar-refractivity contribution in [2.75, 3.05) is 20.8 Å². The Morgan fingerprint density at radius 1 is 1.21 bits per heavy atom. The number of hydrogen-bond donors (Lipinski definition) is 1. The topological polar surface area (TPSA) is 40.4 Å². The van der Waals surface area contributed by atoms with Gasteiger partial charge in [-0.2, -0.15) is 0 Å². The van der Waals surface area contributed by atoms with E-state index < -0.39 is 0 Å². The minimum absolute atomic E-state index is 0.138. The fraction of sp³-hybridized carbons (Fsp3) is 0.455. The molecule has 0 saturated carbocycles. The van der Waals surface area contributed by atoms with E-state index >= 15 is 0 Å². The first-order valence-corrected chi connectivity index (χ1v) is 4.67. The molecular weight excluding hydrogens is 178 g/mol. The SMILES string of the molecule is COc1ccc(C2(C)CN2)cc1OC. The van der Waals surface area contributed by atoms with Crippen molar-refractivity contribution in [2.45, 2.75) is 12.5 Å². The van der Waals surface area contributed by atoms with Gasteiger partial charge >= 0.3 is 0 Å². The molecular formula is C11H15NO2. The van der Waals surface area contributed by atoms with Crippen molar-refractivity contribution in [2.24, 2.45) is 0 Å². The molecule has 1 atom stereocenters. The Morgan fingerprint density at radius 3 is 2.36 bits per heavy atom. The molecule has 1 fully saturated rings. The molecule has 2 rings (SSSR count). The van der Waals surface area contributed by atoms with Crippen LogP contribution in [0.4, 0.5) is 0 Å². The van der Waals surface area contributed by atoms with Crippen LogP contribution in [-0.4, -0.2) is 20.8 Å². The molecule has 0 aromatic heterocycles. The van der Waals surface area contributed by atoms with Gasteiger partial charge in [-0.3, -0.25) is 0 Å². The summed E-state index contributed by atoms with van der Waals surface area (Å²) in [5, 5.41) is 3.32. The maximum atomic E-state index is 5.25. The summed E-state index contributed by atoms with van der Waals surface area (Å²) in [5.74, 6) is 1.57. The molecule has 1 aliphatic heterocycles. The van der Waals surface area contributed by atoms with Gasteiger partial charge in [-0.15, -0.1) is 0 Å². The second-order valence-corrected chi connectivity index (χ2v) is 3.76. The van der Waals surface area contributed by atoms with Gasteiger partial charge < -0.3 is 14.8 Å². The number of benzene rings is 1. The summed E-state index contributed by atoms with van der Waals surface area (Å²) >= 11 is 0. The number of ether oxygens (including phenoxy) is 2. The molecule has 0 radical (unpaired) electrons. The van der Waals surface area contributed by atoms with Crippen LogP contribution in [0.2, 0.25) is 0 Å². The monoisotopic (exact) mass is 193 g/mol. The van der Waals surface area contributed by atoms with Crippen molar-refractivity contribution in [1.82, 2.24) is 5.32 Å². The first-order valence-electron chi connectivity index (χ1n) is 4.67. The van der Waals surface area contributed by atoms with Crippen LogP contribution in [0.3, 0.4) is 0 Å². The molecule has 76 valence electrons. The van der Waals surface area contributed by atoms with E-state index in [4.69, 9.17) is 9.47 Å². The fourth-order valence-corrected chi connectivity index (χ4v) is 1.52. The third-order valence-corrected chi connectivity index (χ3v) is 2.73. The van der Waals surface area contributed by atoms with Crippen LogP contribution < -0.4 is 14.8 Å². The molecule has 1 N–H and O–H groups in total. The minimum Gasteiger partial charge on any atom is -0.493 e. The standard InChI is InChI=1S/C11H15NO2/c1-11(7-12-11)8-4-5-9(13-2)10(6-8)14-3/h4-6,12H,7H2,1-3H3. The Morgan fingerprint density at radius 2 is 1.86 bits per heavy atom. The number of hydrogen-bond acceptors (Lipinski definition) is 3. The van der Waals surface area contributed by atoms with E-state index in [9.17, 15) is 0 Å². The quantitative estimate of drug-likeness (QED) is 0.740. The van der Waals surface area contributed by atoms with E-state index in [2.05, 4.69) is 18.3 Å². The first-order chi connectivity index (χ1) is 6.69. The summed E-state index contributed by atoms with van der Waals surface area (Å²) in [7, 11) is 3.30. The molecule has 1 saturated heterocycles. The average Bonchev–Trinajstić information content (AvgIpc) is 2.97. The van der Waals surface area contributed by atoms with E-state index in [-0.39, 0.29) is 5.54 Å². The summed E-state index contributed by atoms with van der Waals surface area (Å²) in [4.78, 5) is 0. The molecule has 1 aromatic rings. The van der Waals surface area contributed by atoms with Crippen molar-refractivity contribution in [3.63, 3.8) is 0 Å². The van der Waals surface area contributed by atoms with Crippen LogP contribution in [0, 0.1) is 0 Å². The lowest BCUT2D eigenvalue weighted by Crippen LogP contribution is -2.07. The lowest BCUT2D eigenvalue weighted by molar-refractivity contribution is 0.354. The van der Waals surface area contributed by atoms with Crippen molar-refractivity contribution < 1.29 is 9.47 Å². The summed E-state index contributed by atoms with van der Waals surface area (Å²) in [5.41, 5.74) is 1.38. The van der Waals surface area contributed by atoms with Crippen molar-refractivity contribution in [3.8, 4) is 11.5 Å². The van der Waals surface area contributed by atoms with Crippen molar-refractivity contribution in [1.29, 1.82) is 0 Å². The van der Waals surface area contributed by atoms with Gasteiger partial charge in [0, 0.05) is 6.54 Å². The Kier molecular flexibility index (Phi) is 2.11. The molecule has 1 unspecified atom stereocenters. The molecule has 0 amide bonds. The highest BCUT2D eigenvalue weighted by molar-refractivity contribution is 5.46. The van der Waals surface area contributed by atoms with Gasteiger partial charge in [0.25, 0.3) is 0 Å². The third-order valence-electron chi connectivity index (χ3n) is 2.73. The molecule has 3 heteroatoms. The molecule has 1 aliphatic rings. The van der Waals surface area contributed by atoms with Crippen LogP contribution in [0.5, 0.6) is 11.5 Å². The third kappa shape index (κ3) is 1.44. The van der Waals surface area contributed by atoms with Crippen LogP contribution in [0.15, 0.2) is 18.2 Å². The van der Waals surface area contributed by atoms with Crippen molar-refractivity contribution >= 4 is 0 Å². The van der Waals surface area contributed by atoms with Gasteiger partial charge in [0.05, 0.1) is 19.8 Å². The second-order valence-electron chi connectivity index (χ2n) is 3.76. The number of methoxy groups -OCH3 is 2. The molecule has 0 spiro atoms. The Hall–Kier alpha value is -1.22. The minimum atomic E-state index is 0.138. The predicted octanol–water partition coefficient (Wildman–Crippen LogP) is 1.52. The van der Waals surface area contributed by atoms with Gasteiger partial charge in [0.1, 0.15) is 0 Å². The zero-order valence-electron chi connectivity index (χ0n) is 8.76. The van der Waals surface area contributed by atoms with E-state index in [1.54, 1.807) is 14.2 Å². The number of rotatable bonds is 3. The average molecular weight is 193 g/mol. The highest BCUT2D eigenvalue weighted by Crippen LogP contribution is 2.36. The lowest BCUT2D eigenvalue weighted by atomic mass is 10.0. The Balaban J connectivity index is 2.36. The van der Waals surface area contributed by atoms with Crippen LogP contribution in [0.1, 0.15) is 12.5 Å². The number of nitrogens with one attached hydrogen (secondary N) is 1. The maximum absolute atomic E-state index is 5.25. The van der Waals surface area contributed by atoms with Crippen LogP contribution >= 0.6 is 0 Å². The smallest absolute Gasteiger partial charge is 0.161 e. The zero-order chi connectivity index (χ0) is 10.2. The largest absolute Gasteiger partial charge is 0.493 e. The molecule has 1 aromatic carbocycles. The van der Waals surface area contributed by atoms with E-state index in [0.29, 0.717) is 0 Å². The first kappa shape index (κ1) is 9.34. The van der Waals surface area contributed by atoms with Gasteiger partial charge in [0.2, 0.25) is 0 Å². The summed E-state index contributed by atoms with van der Waals surface area (Å²) in [6, 6.07) is 6.04. The maximum Gasteiger partial charge on any atom is 0.161 e. The molecule has 0 aliphatic carbocycles. The van der Waals surface area contributed by atoms with E-state index in [1.165, 1.54) is 5.56 Å². The predicted molar refractivity (Wildman–Crippen MR) is 54.9 cm³/mol. The Labute approximate surface area is 84.0 Å². The second kappa shape index (κ2) is 3.17. The normalized spacial score (nSPS) is 24.5. The van der Waals surface area contributed by atoms with Crippen LogP contribution in [0.25, 0.3) is 0 Å². The lowest BCUT2D eigenvalue weighted by Gasteiger charge is -2.12. The van der Waals surface area contributed by atoms with E-state index in [0.717, 1.165) is 18.0 Å². The highest BCUT2D eigenvalue weighted by Gasteiger charge is 2.38. The summed E-state index contributed by atoms with van der Waals surface area (Å²) in [6.07, 6.45) is 0. The molecule has 14 heavy (non-hydrogen) atoms. The van der Waals surface area contributed by atoms with E-state index in [1.807, 2.05) is 12.1 Å². The summed E-state index contributed by atoms with van der Waals surface area (Å²) < 4.78 is 10.4. The highest BCUT2D eigenvalue weighted by atomic mass is 16.5. The summed E-state index contributed by atoms with van der Waals surface area (Å²) in [6.45, 7) is 3.21. The molecule has 1 heterocycles.